The topological polar surface area (TPSA) is 101 Å². The molecule has 0 aliphatic carbocycles. The molecule has 0 spiro atoms. The Labute approximate surface area is 190 Å². The highest BCUT2D eigenvalue weighted by molar-refractivity contribution is 6.31. The zero-order valence-electron chi connectivity index (χ0n) is 18.1. The summed E-state index contributed by atoms with van der Waals surface area (Å²) in [6.07, 6.45) is 1.53. The predicted octanol–water partition coefficient (Wildman–Crippen LogP) is 5.82. The number of anilines is 1. The first-order valence-corrected chi connectivity index (χ1v) is 10.1. The van der Waals surface area contributed by atoms with E-state index in [9.17, 15) is 20.2 Å². The van der Waals surface area contributed by atoms with Crippen LogP contribution in [0.25, 0.3) is 11.8 Å². The molecule has 0 fully saturated rings. The molecular formula is C24H21ClN4O3. The third-order valence-electron chi connectivity index (χ3n) is 5.20. The second-order valence-electron chi connectivity index (χ2n) is 7.48. The van der Waals surface area contributed by atoms with E-state index in [2.05, 4.69) is 5.32 Å². The number of hydrogen-bond donors (Lipinski definition) is 1. The molecule has 2 aromatic carbocycles. The van der Waals surface area contributed by atoms with Crippen molar-refractivity contribution in [2.75, 3.05) is 5.32 Å². The highest BCUT2D eigenvalue weighted by atomic mass is 35.5. The number of aryl methyl sites for hydroxylation is 3. The van der Waals surface area contributed by atoms with E-state index < -0.39 is 10.8 Å². The predicted molar refractivity (Wildman–Crippen MR) is 125 cm³/mol. The second-order valence-corrected chi connectivity index (χ2v) is 7.88. The third kappa shape index (κ3) is 4.56. The summed E-state index contributed by atoms with van der Waals surface area (Å²) in [5, 5.41) is 23.8. The van der Waals surface area contributed by atoms with Gasteiger partial charge in [-0.3, -0.25) is 14.9 Å². The first-order chi connectivity index (χ1) is 15.1. The number of rotatable bonds is 5. The lowest BCUT2D eigenvalue weighted by molar-refractivity contribution is -0.384. The van der Waals surface area contributed by atoms with Crippen LogP contribution >= 0.6 is 11.6 Å². The minimum Gasteiger partial charge on any atom is -0.321 e. The van der Waals surface area contributed by atoms with Gasteiger partial charge in [-0.2, -0.15) is 5.26 Å². The normalized spacial score (nSPS) is 11.2. The van der Waals surface area contributed by atoms with Gasteiger partial charge in [0.2, 0.25) is 0 Å². The fourth-order valence-corrected chi connectivity index (χ4v) is 3.66. The van der Waals surface area contributed by atoms with E-state index in [1.54, 1.807) is 31.2 Å². The van der Waals surface area contributed by atoms with Gasteiger partial charge in [0.15, 0.2) is 0 Å². The highest BCUT2D eigenvalue weighted by Crippen LogP contribution is 2.27. The fraction of sp³-hybridized carbons (Fsp3) is 0.167. The fourth-order valence-electron chi connectivity index (χ4n) is 3.48. The Hall–Kier alpha value is -3.89. The number of amides is 1. The summed E-state index contributed by atoms with van der Waals surface area (Å²) in [5.74, 6) is -0.538. The summed E-state index contributed by atoms with van der Waals surface area (Å²) < 4.78 is 1.94. The first kappa shape index (κ1) is 22.8. The van der Waals surface area contributed by atoms with E-state index in [1.807, 2.05) is 37.5 Å². The van der Waals surface area contributed by atoms with Gasteiger partial charge in [-0.25, -0.2) is 0 Å². The Morgan fingerprint density at radius 3 is 2.44 bits per heavy atom. The maximum Gasteiger partial charge on any atom is 0.269 e. The lowest BCUT2D eigenvalue weighted by Crippen LogP contribution is -2.13. The Morgan fingerprint density at radius 2 is 1.84 bits per heavy atom. The van der Waals surface area contributed by atoms with Crippen LogP contribution in [0.4, 0.5) is 11.4 Å². The van der Waals surface area contributed by atoms with Crippen molar-refractivity contribution in [3.05, 3.63) is 91.3 Å². The zero-order chi connectivity index (χ0) is 23.6. The molecule has 0 radical (unpaired) electrons. The van der Waals surface area contributed by atoms with E-state index in [1.165, 1.54) is 18.2 Å². The molecular weight excluding hydrogens is 428 g/mol. The van der Waals surface area contributed by atoms with Gasteiger partial charge >= 0.3 is 0 Å². The molecule has 0 bridgehead atoms. The van der Waals surface area contributed by atoms with Crippen molar-refractivity contribution in [2.24, 2.45) is 0 Å². The number of carbonyl (C=O) groups excluding carboxylic acids is 1. The molecule has 162 valence electrons. The van der Waals surface area contributed by atoms with Gasteiger partial charge in [-0.15, -0.1) is 0 Å². The van der Waals surface area contributed by atoms with Crippen LogP contribution in [-0.4, -0.2) is 15.4 Å². The van der Waals surface area contributed by atoms with Crippen molar-refractivity contribution >= 4 is 35.0 Å². The van der Waals surface area contributed by atoms with Gasteiger partial charge < -0.3 is 9.88 Å². The van der Waals surface area contributed by atoms with E-state index in [0.29, 0.717) is 16.3 Å². The molecule has 0 saturated carbocycles. The summed E-state index contributed by atoms with van der Waals surface area (Å²) in [5.41, 5.74) is 5.26. The van der Waals surface area contributed by atoms with Crippen molar-refractivity contribution in [1.82, 2.24) is 4.57 Å². The van der Waals surface area contributed by atoms with Crippen LogP contribution in [0.1, 0.15) is 28.1 Å². The summed E-state index contributed by atoms with van der Waals surface area (Å²) in [6, 6.07) is 13.6. The van der Waals surface area contributed by atoms with Crippen LogP contribution in [0.15, 0.2) is 48.0 Å². The van der Waals surface area contributed by atoms with Crippen LogP contribution in [-0.2, 0) is 4.79 Å². The quantitative estimate of drug-likeness (QED) is 0.230. The average molecular weight is 449 g/mol. The van der Waals surface area contributed by atoms with Gasteiger partial charge in [0.05, 0.1) is 4.92 Å². The number of nitro groups is 1. The molecule has 1 amide bonds. The van der Waals surface area contributed by atoms with Crippen LogP contribution < -0.4 is 5.32 Å². The van der Waals surface area contributed by atoms with Gasteiger partial charge in [-0.1, -0.05) is 17.7 Å². The molecule has 1 N–H and O–H groups in total. The standard InChI is InChI=1S/C24H21ClN4O3/c1-14-5-6-20(12-22(14)25)27-24(30)19(13-26)11-18-10-16(3)28(17(18)4)23-8-7-21(29(31)32)9-15(23)2/h5-12H,1-4H3,(H,27,30)/b19-11-. The molecule has 0 aliphatic heterocycles. The number of non-ortho nitro benzene ring substituents is 1. The number of nitrogens with one attached hydrogen (secondary N) is 1. The monoisotopic (exact) mass is 448 g/mol. The number of aromatic nitrogens is 1. The van der Waals surface area contributed by atoms with Crippen molar-refractivity contribution in [3.63, 3.8) is 0 Å². The SMILES string of the molecule is Cc1ccc(NC(=O)/C(C#N)=C\c2cc(C)n(-c3ccc([N+](=O)[O-])cc3C)c2C)cc1Cl. The minimum atomic E-state index is -0.538. The molecule has 0 unspecified atom stereocenters. The molecule has 32 heavy (non-hydrogen) atoms. The lowest BCUT2D eigenvalue weighted by atomic mass is 10.1. The maximum absolute atomic E-state index is 12.7. The Morgan fingerprint density at radius 1 is 1.12 bits per heavy atom. The number of nitro benzene ring substituents is 1. The zero-order valence-corrected chi connectivity index (χ0v) is 18.8. The lowest BCUT2D eigenvalue weighted by Gasteiger charge is -2.12. The first-order valence-electron chi connectivity index (χ1n) is 9.76. The minimum absolute atomic E-state index is 0.0217. The largest absolute Gasteiger partial charge is 0.321 e. The molecule has 3 rings (SSSR count). The van der Waals surface area contributed by atoms with Gasteiger partial charge in [-0.05, 0) is 74.7 Å². The van der Waals surface area contributed by atoms with E-state index in [0.717, 1.165) is 28.2 Å². The molecule has 1 heterocycles. The number of hydrogen-bond acceptors (Lipinski definition) is 4. The van der Waals surface area contributed by atoms with Crippen LogP contribution in [0.5, 0.6) is 0 Å². The Balaban J connectivity index is 1.96. The average Bonchev–Trinajstić information content (AvgIpc) is 3.01. The third-order valence-corrected chi connectivity index (χ3v) is 5.60. The number of nitrogens with zero attached hydrogens (tertiary/aromatic N) is 3. The van der Waals surface area contributed by atoms with Crippen molar-refractivity contribution in [2.45, 2.75) is 27.7 Å². The van der Waals surface area contributed by atoms with E-state index >= 15 is 0 Å². The Kier molecular flexibility index (Phi) is 6.47. The highest BCUT2D eigenvalue weighted by Gasteiger charge is 2.16. The second kappa shape index (κ2) is 9.08. The number of benzene rings is 2. The molecule has 7 nitrogen and oxygen atoms in total. The molecule has 1 aromatic heterocycles. The molecule has 0 atom stereocenters. The van der Waals surface area contributed by atoms with Gasteiger partial charge in [0.25, 0.3) is 11.6 Å². The van der Waals surface area contributed by atoms with Gasteiger partial charge in [0.1, 0.15) is 11.6 Å². The van der Waals surface area contributed by atoms with E-state index in [4.69, 9.17) is 11.6 Å². The van der Waals surface area contributed by atoms with Crippen LogP contribution in [0.2, 0.25) is 5.02 Å². The van der Waals surface area contributed by atoms with Crippen LogP contribution in [0.3, 0.4) is 0 Å². The van der Waals surface area contributed by atoms with Crippen molar-refractivity contribution in [1.29, 1.82) is 5.26 Å². The van der Waals surface area contributed by atoms with E-state index in [-0.39, 0.29) is 11.3 Å². The maximum atomic E-state index is 12.7. The van der Waals surface area contributed by atoms with Gasteiger partial charge in [0, 0.05) is 39.9 Å². The summed E-state index contributed by atoms with van der Waals surface area (Å²) in [6.45, 7) is 7.42. The molecule has 0 aliphatic rings. The number of halogens is 1. The van der Waals surface area contributed by atoms with Crippen molar-refractivity contribution in [3.8, 4) is 11.8 Å². The summed E-state index contributed by atoms with van der Waals surface area (Å²) in [4.78, 5) is 23.3. The summed E-state index contributed by atoms with van der Waals surface area (Å²) >= 11 is 6.11. The number of carbonyl (C=O) groups is 1. The van der Waals surface area contributed by atoms with Crippen LogP contribution in [0, 0.1) is 49.1 Å². The molecule has 3 aromatic rings. The Bertz CT molecular complexity index is 1320. The smallest absolute Gasteiger partial charge is 0.269 e. The summed E-state index contributed by atoms with van der Waals surface area (Å²) in [7, 11) is 0. The molecule has 0 saturated heterocycles. The molecule has 8 heteroatoms. The number of nitriles is 1. The van der Waals surface area contributed by atoms with Crippen molar-refractivity contribution < 1.29 is 9.72 Å².